The largest absolute Gasteiger partial charge is 0.480 e. The van der Waals surface area contributed by atoms with Crippen molar-refractivity contribution in [2.24, 2.45) is 11.7 Å². The highest BCUT2D eigenvalue weighted by molar-refractivity contribution is 5.87. The minimum absolute atomic E-state index is 0.161. The highest BCUT2D eigenvalue weighted by Crippen LogP contribution is 2.24. The van der Waals surface area contributed by atoms with E-state index in [2.05, 4.69) is 0 Å². The van der Waals surface area contributed by atoms with E-state index >= 15 is 0 Å². The first-order chi connectivity index (χ1) is 8.50. The number of nitrogens with two attached hydrogens (primary N) is 1. The first-order valence-corrected chi connectivity index (χ1v) is 6.29. The fourth-order valence-corrected chi connectivity index (χ4v) is 2.35. The summed E-state index contributed by atoms with van der Waals surface area (Å²) < 4.78 is 0. The summed E-state index contributed by atoms with van der Waals surface area (Å²) in [5.41, 5.74) is 5.04. The fraction of sp³-hybridized carbons (Fsp3) is 0.750. The molecule has 102 valence electrons. The molecule has 1 saturated carbocycles. The molecule has 0 saturated heterocycles. The molecule has 0 aromatic carbocycles. The van der Waals surface area contributed by atoms with Crippen molar-refractivity contribution in [1.29, 1.82) is 0 Å². The van der Waals surface area contributed by atoms with Crippen molar-refractivity contribution in [1.82, 2.24) is 4.90 Å². The average Bonchev–Trinajstić information content (AvgIpc) is 2.54. The molecule has 0 aromatic rings. The Morgan fingerprint density at radius 3 is 2.06 bits per heavy atom. The Balaban J connectivity index is 2.66. The maximum atomic E-state index is 12.2. The Kier molecular flexibility index (Phi) is 5.61. The Morgan fingerprint density at radius 2 is 1.61 bits per heavy atom. The number of nitrogens with zero attached hydrogens (tertiary/aromatic N) is 1. The summed E-state index contributed by atoms with van der Waals surface area (Å²) in [7, 11) is 0. The molecular weight excluding hydrogens is 236 g/mol. The van der Waals surface area contributed by atoms with Crippen LogP contribution in [0.3, 0.4) is 0 Å². The van der Waals surface area contributed by atoms with Crippen molar-refractivity contribution in [3.63, 3.8) is 0 Å². The van der Waals surface area contributed by atoms with Crippen LogP contribution in [0.15, 0.2) is 0 Å². The van der Waals surface area contributed by atoms with Gasteiger partial charge in [0.15, 0.2) is 0 Å². The monoisotopic (exact) mass is 256 g/mol. The molecule has 6 nitrogen and oxygen atoms in total. The second-order valence-electron chi connectivity index (χ2n) is 4.74. The third-order valence-electron chi connectivity index (χ3n) is 3.19. The quantitative estimate of drug-likeness (QED) is 0.693. The van der Waals surface area contributed by atoms with Crippen LogP contribution >= 0.6 is 0 Å². The predicted molar refractivity (Wildman–Crippen MR) is 64.6 cm³/mol. The molecule has 0 unspecified atom stereocenters. The number of carbonyl (C=O) groups excluding carboxylic acids is 2. The summed E-state index contributed by atoms with van der Waals surface area (Å²) >= 11 is 0. The van der Waals surface area contributed by atoms with Gasteiger partial charge in [0.25, 0.3) is 0 Å². The molecule has 1 aliphatic carbocycles. The van der Waals surface area contributed by atoms with E-state index in [-0.39, 0.29) is 18.4 Å². The van der Waals surface area contributed by atoms with E-state index in [1.165, 1.54) is 0 Å². The second kappa shape index (κ2) is 6.98. The Labute approximate surface area is 106 Å². The summed E-state index contributed by atoms with van der Waals surface area (Å²) in [6, 6.07) is 0. The van der Waals surface area contributed by atoms with Crippen molar-refractivity contribution >= 4 is 17.8 Å². The number of carboxylic acid groups (broad SMARTS) is 1. The van der Waals surface area contributed by atoms with Gasteiger partial charge in [0.2, 0.25) is 11.8 Å². The lowest BCUT2D eigenvalue weighted by Gasteiger charge is -2.24. The number of carbonyl (C=O) groups is 3. The summed E-state index contributed by atoms with van der Waals surface area (Å²) in [4.78, 5) is 34.8. The van der Waals surface area contributed by atoms with Crippen molar-refractivity contribution in [2.75, 3.05) is 13.1 Å². The van der Waals surface area contributed by atoms with Crippen molar-refractivity contribution in [2.45, 2.75) is 38.5 Å². The van der Waals surface area contributed by atoms with Gasteiger partial charge in [-0.3, -0.25) is 14.4 Å². The number of aliphatic carboxylic acids is 1. The minimum atomic E-state index is -1.13. The Bertz CT molecular complexity index is 306. The summed E-state index contributed by atoms with van der Waals surface area (Å²) in [5, 5.41) is 8.75. The molecule has 1 aliphatic rings. The van der Waals surface area contributed by atoms with Crippen molar-refractivity contribution in [3.8, 4) is 0 Å². The molecule has 0 radical (unpaired) electrons. The maximum absolute atomic E-state index is 12.2. The number of hydrogen-bond acceptors (Lipinski definition) is 3. The normalized spacial score (nSPS) is 16.9. The zero-order chi connectivity index (χ0) is 13.5. The smallest absolute Gasteiger partial charge is 0.323 e. The molecular formula is C12H20N2O4. The van der Waals surface area contributed by atoms with Crippen LogP contribution in [0, 0.1) is 5.92 Å². The molecule has 0 aliphatic heterocycles. The van der Waals surface area contributed by atoms with E-state index in [1.54, 1.807) is 0 Å². The molecule has 18 heavy (non-hydrogen) atoms. The van der Waals surface area contributed by atoms with Gasteiger partial charge in [-0.15, -0.1) is 0 Å². The van der Waals surface area contributed by atoms with E-state index in [1.807, 2.05) is 0 Å². The average molecular weight is 256 g/mol. The highest BCUT2D eigenvalue weighted by Gasteiger charge is 2.27. The maximum Gasteiger partial charge on any atom is 0.323 e. The summed E-state index contributed by atoms with van der Waals surface area (Å²) in [6.45, 7) is -0.778. The van der Waals surface area contributed by atoms with E-state index in [9.17, 15) is 14.4 Å². The predicted octanol–water partition coefficient (Wildman–Crippen LogP) is 0.355. The van der Waals surface area contributed by atoms with Gasteiger partial charge in [-0.2, -0.15) is 0 Å². The fourth-order valence-electron chi connectivity index (χ4n) is 2.35. The van der Waals surface area contributed by atoms with Crippen molar-refractivity contribution < 1.29 is 19.5 Å². The molecule has 2 amide bonds. The van der Waals surface area contributed by atoms with Crippen molar-refractivity contribution in [3.05, 3.63) is 0 Å². The van der Waals surface area contributed by atoms with Gasteiger partial charge in [0, 0.05) is 5.92 Å². The van der Waals surface area contributed by atoms with Crippen LogP contribution in [0.1, 0.15) is 38.5 Å². The second-order valence-corrected chi connectivity index (χ2v) is 4.74. The minimum Gasteiger partial charge on any atom is -0.480 e. The van der Waals surface area contributed by atoms with Gasteiger partial charge in [0.1, 0.15) is 6.54 Å². The number of hydrogen-bond donors (Lipinski definition) is 2. The van der Waals surface area contributed by atoms with Crippen LogP contribution in [-0.2, 0) is 14.4 Å². The number of amides is 2. The van der Waals surface area contributed by atoms with Gasteiger partial charge < -0.3 is 15.7 Å². The lowest BCUT2D eigenvalue weighted by Crippen LogP contribution is -2.44. The number of rotatable bonds is 5. The lowest BCUT2D eigenvalue weighted by molar-refractivity contribution is -0.147. The third kappa shape index (κ3) is 4.73. The van der Waals surface area contributed by atoms with Gasteiger partial charge in [0.05, 0.1) is 6.54 Å². The standard InChI is InChI=1S/C12H20N2O4/c13-10(15)7-14(8-11(16)17)12(18)9-5-3-1-2-4-6-9/h9H,1-8H2,(H2,13,15)(H,16,17). The molecule has 0 heterocycles. The lowest BCUT2D eigenvalue weighted by atomic mass is 9.98. The summed E-state index contributed by atoms with van der Waals surface area (Å²) in [5.74, 6) is -2.22. The van der Waals surface area contributed by atoms with Crippen LogP contribution in [0.5, 0.6) is 0 Å². The van der Waals surface area contributed by atoms with Crippen LogP contribution in [0.2, 0.25) is 0 Å². The molecule has 6 heteroatoms. The van der Waals surface area contributed by atoms with E-state index in [4.69, 9.17) is 10.8 Å². The molecule has 0 spiro atoms. The third-order valence-corrected chi connectivity index (χ3v) is 3.19. The first-order valence-electron chi connectivity index (χ1n) is 6.29. The van der Waals surface area contributed by atoms with Crippen LogP contribution in [0.4, 0.5) is 0 Å². The number of primary amides is 1. The zero-order valence-electron chi connectivity index (χ0n) is 10.4. The Hall–Kier alpha value is -1.59. The van der Waals surface area contributed by atoms with Gasteiger partial charge in [-0.1, -0.05) is 25.7 Å². The Morgan fingerprint density at radius 1 is 1.06 bits per heavy atom. The van der Waals surface area contributed by atoms with Gasteiger partial charge >= 0.3 is 5.97 Å². The van der Waals surface area contributed by atoms with Gasteiger partial charge in [-0.25, -0.2) is 0 Å². The van der Waals surface area contributed by atoms with Crippen LogP contribution < -0.4 is 5.73 Å². The molecule has 0 aromatic heterocycles. The van der Waals surface area contributed by atoms with Crippen LogP contribution in [-0.4, -0.2) is 40.9 Å². The highest BCUT2D eigenvalue weighted by atomic mass is 16.4. The SMILES string of the molecule is NC(=O)CN(CC(=O)O)C(=O)C1CCCCCC1. The van der Waals surface area contributed by atoms with E-state index < -0.39 is 18.4 Å². The molecule has 0 atom stereocenters. The van der Waals surface area contributed by atoms with Crippen LogP contribution in [0.25, 0.3) is 0 Å². The van der Waals surface area contributed by atoms with E-state index in [0.29, 0.717) is 0 Å². The van der Waals surface area contributed by atoms with E-state index in [0.717, 1.165) is 43.4 Å². The molecule has 1 rings (SSSR count). The molecule has 3 N–H and O–H groups in total. The molecule has 1 fully saturated rings. The topological polar surface area (TPSA) is 101 Å². The van der Waals surface area contributed by atoms with Gasteiger partial charge in [-0.05, 0) is 12.8 Å². The molecule has 0 bridgehead atoms. The number of carboxylic acids is 1. The zero-order valence-corrected chi connectivity index (χ0v) is 10.4. The first kappa shape index (κ1) is 14.5. The summed E-state index contributed by atoms with van der Waals surface area (Å²) in [6.07, 6.45) is 5.72.